The molecule has 0 saturated heterocycles. The summed E-state index contributed by atoms with van der Waals surface area (Å²) >= 11 is 0. The second-order valence-electron chi connectivity index (χ2n) is 2.71. The van der Waals surface area contributed by atoms with Gasteiger partial charge in [0.1, 0.15) is 11.8 Å². The van der Waals surface area contributed by atoms with Gasteiger partial charge in [-0.3, -0.25) is 0 Å². The molecule has 0 heterocycles. The highest BCUT2D eigenvalue weighted by atomic mass is 35.5. The number of nitrogens with two attached hydrogens (primary N) is 1. The van der Waals surface area contributed by atoms with Gasteiger partial charge in [-0.1, -0.05) is 5.92 Å². The fraction of sp³-hybridized carbons (Fsp3) is 0.750. The SMILES string of the molecule is CC#CC(C)(C)OC(C)N.Cl. The van der Waals surface area contributed by atoms with Crippen molar-refractivity contribution >= 4 is 12.4 Å². The van der Waals surface area contributed by atoms with Gasteiger partial charge < -0.3 is 10.5 Å². The highest BCUT2D eigenvalue weighted by molar-refractivity contribution is 5.85. The van der Waals surface area contributed by atoms with Crippen LogP contribution in [0.5, 0.6) is 0 Å². The molecule has 0 aliphatic rings. The maximum absolute atomic E-state index is 5.42. The van der Waals surface area contributed by atoms with Gasteiger partial charge in [-0.05, 0) is 27.7 Å². The third-order valence-corrected chi connectivity index (χ3v) is 0.907. The van der Waals surface area contributed by atoms with Crippen molar-refractivity contribution in [1.29, 1.82) is 0 Å². The quantitative estimate of drug-likeness (QED) is 0.513. The van der Waals surface area contributed by atoms with Crippen LogP contribution in [0.4, 0.5) is 0 Å². The summed E-state index contributed by atoms with van der Waals surface area (Å²) < 4.78 is 5.28. The molecule has 2 nitrogen and oxygen atoms in total. The predicted octanol–water partition coefficient (Wildman–Crippen LogP) is 1.53. The topological polar surface area (TPSA) is 35.2 Å². The Morgan fingerprint density at radius 2 is 1.91 bits per heavy atom. The number of ether oxygens (including phenoxy) is 1. The lowest BCUT2D eigenvalue weighted by molar-refractivity contribution is -0.0222. The summed E-state index contributed by atoms with van der Waals surface area (Å²) in [6, 6.07) is 0. The van der Waals surface area contributed by atoms with Crippen LogP contribution in [0.25, 0.3) is 0 Å². The van der Waals surface area contributed by atoms with Crippen LogP contribution in [0.1, 0.15) is 27.7 Å². The highest BCUT2D eigenvalue weighted by Crippen LogP contribution is 2.07. The van der Waals surface area contributed by atoms with Crippen LogP contribution in [0, 0.1) is 11.8 Å². The smallest absolute Gasteiger partial charge is 0.125 e. The summed E-state index contributed by atoms with van der Waals surface area (Å²) in [5, 5.41) is 0. The van der Waals surface area contributed by atoms with E-state index in [1.807, 2.05) is 13.8 Å². The molecule has 0 spiro atoms. The van der Waals surface area contributed by atoms with E-state index in [1.54, 1.807) is 13.8 Å². The van der Waals surface area contributed by atoms with Crippen molar-refractivity contribution in [2.75, 3.05) is 0 Å². The Kier molecular flexibility index (Phi) is 6.59. The molecular weight excluding hydrogens is 162 g/mol. The Morgan fingerprint density at radius 3 is 2.18 bits per heavy atom. The van der Waals surface area contributed by atoms with Crippen LogP contribution in [-0.2, 0) is 4.74 Å². The van der Waals surface area contributed by atoms with Crippen molar-refractivity contribution in [2.24, 2.45) is 5.73 Å². The van der Waals surface area contributed by atoms with Crippen molar-refractivity contribution in [1.82, 2.24) is 0 Å². The Bertz CT molecular complexity index is 155. The first kappa shape index (κ1) is 13.4. The summed E-state index contributed by atoms with van der Waals surface area (Å²) in [5.41, 5.74) is 5.01. The lowest BCUT2D eigenvalue weighted by Crippen LogP contribution is -2.32. The largest absolute Gasteiger partial charge is 0.345 e. The average molecular weight is 178 g/mol. The van der Waals surface area contributed by atoms with Crippen LogP contribution in [0.15, 0.2) is 0 Å². The van der Waals surface area contributed by atoms with Crippen molar-refractivity contribution < 1.29 is 4.74 Å². The van der Waals surface area contributed by atoms with E-state index in [4.69, 9.17) is 10.5 Å². The molecule has 0 amide bonds. The van der Waals surface area contributed by atoms with Crippen molar-refractivity contribution in [3.8, 4) is 11.8 Å². The summed E-state index contributed by atoms with van der Waals surface area (Å²) in [5.74, 6) is 5.68. The van der Waals surface area contributed by atoms with Crippen LogP contribution in [0.3, 0.4) is 0 Å². The molecule has 1 atom stereocenters. The first-order chi connectivity index (χ1) is 4.48. The van der Waals surface area contributed by atoms with Crippen LogP contribution in [0.2, 0.25) is 0 Å². The van der Waals surface area contributed by atoms with Gasteiger partial charge in [-0.2, -0.15) is 0 Å². The number of rotatable bonds is 2. The number of hydrogen-bond donors (Lipinski definition) is 1. The zero-order valence-corrected chi connectivity index (χ0v) is 8.29. The standard InChI is InChI=1S/C8H15NO.ClH/c1-5-6-8(3,4)10-7(2)9;/h7H,9H2,1-4H3;1H. The Labute approximate surface area is 74.9 Å². The molecule has 0 aromatic rings. The van der Waals surface area contributed by atoms with Gasteiger partial charge in [-0.25, -0.2) is 0 Å². The molecule has 2 N–H and O–H groups in total. The maximum Gasteiger partial charge on any atom is 0.125 e. The second-order valence-corrected chi connectivity index (χ2v) is 2.71. The van der Waals surface area contributed by atoms with Gasteiger partial charge in [-0.15, -0.1) is 18.3 Å². The molecule has 0 rings (SSSR count). The number of halogens is 1. The minimum atomic E-state index is -0.414. The summed E-state index contributed by atoms with van der Waals surface area (Å²) in [4.78, 5) is 0. The predicted molar refractivity (Wildman–Crippen MR) is 49.5 cm³/mol. The van der Waals surface area contributed by atoms with E-state index >= 15 is 0 Å². The summed E-state index contributed by atoms with van der Waals surface area (Å²) in [6.45, 7) is 7.37. The van der Waals surface area contributed by atoms with E-state index in [0.29, 0.717) is 0 Å². The normalized spacial score (nSPS) is 12.5. The van der Waals surface area contributed by atoms with E-state index in [0.717, 1.165) is 0 Å². The molecule has 0 fully saturated rings. The van der Waals surface area contributed by atoms with Crippen molar-refractivity contribution in [2.45, 2.75) is 39.5 Å². The fourth-order valence-corrected chi connectivity index (χ4v) is 0.795. The molecule has 66 valence electrons. The molecule has 0 aliphatic carbocycles. The number of hydrogen-bond acceptors (Lipinski definition) is 2. The zero-order valence-electron chi connectivity index (χ0n) is 7.47. The van der Waals surface area contributed by atoms with Gasteiger partial charge >= 0.3 is 0 Å². The molecule has 0 bridgehead atoms. The third kappa shape index (κ3) is 7.67. The Hall–Kier alpha value is -0.230. The molecule has 0 aromatic carbocycles. The summed E-state index contributed by atoms with van der Waals surface area (Å²) in [7, 11) is 0. The van der Waals surface area contributed by atoms with Crippen LogP contribution < -0.4 is 5.73 Å². The summed E-state index contributed by atoms with van der Waals surface area (Å²) in [6.07, 6.45) is -0.254. The van der Waals surface area contributed by atoms with E-state index < -0.39 is 5.60 Å². The second kappa shape index (κ2) is 5.42. The van der Waals surface area contributed by atoms with Crippen molar-refractivity contribution in [3.05, 3.63) is 0 Å². The highest BCUT2D eigenvalue weighted by Gasteiger charge is 2.15. The van der Waals surface area contributed by atoms with Crippen molar-refractivity contribution in [3.63, 3.8) is 0 Å². The Morgan fingerprint density at radius 1 is 1.45 bits per heavy atom. The van der Waals surface area contributed by atoms with Gasteiger partial charge in [0.25, 0.3) is 0 Å². The minimum absolute atomic E-state index is 0. The molecular formula is C8H16ClNO. The molecule has 3 heteroatoms. The van der Waals surface area contributed by atoms with E-state index in [2.05, 4.69) is 11.8 Å². The lowest BCUT2D eigenvalue weighted by atomic mass is 10.1. The molecule has 1 unspecified atom stereocenters. The fourth-order valence-electron chi connectivity index (χ4n) is 0.795. The van der Waals surface area contributed by atoms with E-state index in [1.165, 1.54) is 0 Å². The van der Waals surface area contributed by atoms with Crippen LogP contribution >= 0.6 is 12.4 Å². The van der Waals surface area contributed by atoms with Gasteiger partial charge in [0, 0.05) is 0 Å². The lowest BCUT2D eigenvalue weighted by Gasteiger charge is -2.21. The average Bonchev–Trinajstić information content (AvgIpc) is 1.59. The molecule has 0 radical (unpaired) electrons. The minimum Gasteiger partial charge on any atom is -0.345 e. The first-order valence-electron chi connectivity index (χ1n) is 3.35. The third-order valence-electron chi connectivity index (χ3n) is 0.907. The van der Waals surface area contributed by atoms with Gasteiger partial charge in [0.15, 0.2) is 0 Å². The maximum atomic E-state index is 5.42. The van der Waals surface area contributed by atoms with Gasteiger partial charge in [0.2, 0.25) is 0 Å². The molecule has 0 aliphatic heterocycles. The molecule has 0 saturated carbocycles. The monoisotopic (exact) mass is 177 g/mol. The van der Waals surface area contributed by atoms with E-state index in [-0.39, 0.29) is 18.6 Å². The molecule has 11 heavy (non-hydrogen) atoms. The van der Waals surface area contributed by atoms with E-state index in [9.17, 15) is 0 Å². The van der Waals surface area contributed by atoms with Gasteiger partial charge in [0.05, 0.1) is 0 Å². The first-order valence-corrected chi connectivity index (χ1v) is 3.35. The zero-order chi connectivity index (χ0) is 8.20. The van der Waals surface area contributed by atoms with Crippen LogP contribution in [-0.4, -0.2) is 11.8 Å². The Balaban J connectivity index is 0. The molecule has 0 aromatic heterocycles.